The molecule has 7 heteroatoms. The van der Waals surface area contributed by atoms with E-state index in [1.54, 1.807) is 49.4 Å². The van der Waals surface area contributed by atoms with Crippen LogP contribution >= 0.6 is 0 Å². The van der Waals surface area contributed by atoms with E-state index in [9.17, 15) is 9.18 Å². The van der Waals surface area contributed by atoms with Crippen LogP contribution in [0.4, 0.5) is 16.0 Å². The number of halogens is 1. The van der Waals surface area contributed by atoms with Gasteiger partial charge in [0.25, 0.3) is 5.91 Å². The van der Waals surface area contributed by atoms with Crippen molar-refractivity contribution in [2.24, 2.45) is 0 Å². The number of aromatic nitrogens is 2. The molecule has 0 saturated heterocycles. The van der Waals surface area contributed by atoms with Gasteiger partial charge in [0.2, 0.25) is 5.95 Å². The highest BCUT2D eigenvalue weighted by atomic mass is 19.1. The van der Waals surface area contributed by atoms with Gasteiger partial charge in [-0.3, -0.25) is 4.79 Å². The Bertz CT molecular complexity index is 1010. The highest BCUT2D eigenvalue weighted by Gasteiger charge is 2.11. The van der Waals surface area contributed by atoms with Crippen LogP contribution in [0.5, 0.6) is 0 Å². The lowest BCUT2D eigenvalue weighted by Gasteiger charge is -2.09. The molecule has 0 unspecified atom stereocenters. The molecule has 0 aliphatic carbocycles. The van der Waals surface area contributed by atoms with E-state index in [0.717, 1.165) is 5.56 Å². The van der Waals surface area contributed by atoms with E-state index in [1.807, 2.05) is 0 Å². The second-order valence-electron chi connectivity index (χ2n) is 5.84. The number of nitrogens with zero attached hydrogens (tertiary/aromatic N) is 3. The number of rotatable bonds is 5. The summed E-state index contributed by atoms with van der Waals surface area (Å²) in [5.41, 5.74) is 2.77. The van der Waals surface area contributed by atoms with Crippen molar-refractivity contribution in [3.05, 3.63) is 82.9 Å². The minimum atomic E-state index is -0.362. The Balaban J connectivity index is 1.73. The fourth-order valence-electron chi connectivity index (χ4n) is 2.41. The molecule has 0 atom stereocenters. The van der Waals surface area contributed by atoms with Gasteiger partial charge in [-0.05, 0) is 48.9 Å². The van der Waals surface area contributed by atoms with E-state index >= 15 is 0 Å². The van der Waals surface area contributed by atoms with Gasteiger partial charge in [0.05, 0.1) is 11.6 Å². The molecule has 0 saturated carbocycles. The Morgan fingerprint density at radius 1 is 1.15 bits per heavy atom. The average Bonchev–Trinajstić information content (AvgIpc) is 2.67. The van der Waals surface area contributed by atoms with Crippen molar-refractivity contribution in [2.45, 2.75) is 13.5 Å². The van der Waals surface area contributed by atoms with Crippen LogP contribution in [-0.4, -0.2) is 15.9 Å². The number of hydrogen-bond donors (Lipinski definition) is 2. The molecule has 0 spiro atoms. The van der Waals surface area contributed by atoms with Gasteiger partial charge in [-0.15, -0.1) is 0 Å². The van der Waals surface area contributed by atoms with Crippen molar-refractivity contribution in [2.75, 3.05) is 5.32 Å². The molecule has 0 fully saturated rings. The summed E-state index contributed by atoms with van der Waals surface area (Å²) in [6.07, 6.45) is 0. The summed E-state index contributed by atoms with van der Waals surface area (Å²) < 4.78 is 12.9. The average molecular weight is 361 g/mol. The van der Waals surface area contributed by atoms with Gasteiger partial charge in [0.15, 0.2) is 0 Å². The Kier molecular flexibility index (Phi) is 5.38. The van der Waals surface area contributed by atoms with Crippen LogP contribution in [0.1, 0.15) is 27.3 Å². The molecule has 3 rings (SSSR count). The zero-order valence-corrected chi connectivity index (χ0v) is 14.5. The lowest BCUT2D eigenvalue weighted by atomic mass is 10.2. The molecule has 27 heavy (non-hydrogen) atoms. The fourth-order valence-corrected chi connectivity index (χ4v) is 2.41. The standard InChI is InChI=1S/C20H16FN5O/c1-13-9-18(19(27)23-12-14-5-7-16(21)8-6-14)26-20(24-13)25-17-4-2-3-15(10-17)11-22/h2-10H,12H2,1H3,(H,23,27)(H,24,25,26). The van der Waals surface area contributed by atoms with E-state index in [4.69, 9.17) is 5.26 Å². The largest absolute Gasteiger partial charge is 0.347 e. The summed E-state index contributed by atoms with van der Waals surface area (Å²) in [5, 5.41) is 14.7. The monoisotopic (exact) mass is 361 g/mol. The third-order valence-corrected chi connectivity index (χ3v) is 3.70. The summed E-state index contributed by atoms with van der Waals surface area (Å²) in [5.74, 6) is -0.427. The third kappa shape index (κ3) is 4.86. The number of nitrogens with one attached hydrogen (secondary N) is 2. The number of carbonyl (C=O) groups excluding carboxylic acids is 1. The van der Waals surface area contributed by atoms with E-state index < -0.39 is 0 Å². The summed E-state index contributed by atoms with van der Waals surface area (Å²) in [6, 6.07) is 16.4. The predicted octanol–water partition coefficient (Wildman–Crippen LogP) is 3.47. The molecule has 3 aromatic rings. The lowest BCUT2D eigenvalue weighted by Crippen LogP contribution is -2.24. The van der Waals surface area contributed by atoms with E-state index in [1.165, 1.54) is 12.1 Å². The van der Waals surface area contributed by atoms with Gasteiger partial charge >= 0.3 is 0 Å². The molecule has 1 heterocycles. The number of nitriles is 1. The summed E-state index contributed by atoms with van der Waals surface area (Å²) >= 11 is 0. The van der Waals surface area contributed by atoms with Crippen LogP contribution in [0, 0.1) is 24.1 Å². The van der Waals surface area contributed by atoms with Crippen LogP contribution in [0.2, 0.25) is 0 Å². The van der Waals surface area contributed by atoms with E-state index in [-0.39, 0.29) is 29.9 Å². The molecule has 1 amide bonds. The van der Waals surface area contributed by atoms with Gasteiger partial charge in [0.1, 0.15) is 11.5 Å². The number of amides is 1. The first-order chi connectivity index (χ1) is 13.0. The predicted molar refractivity (Wildman–Crippen MR) is 98.8 cm³/mol. The Hall–Kier alpha value is -3.79. The molecule has 0 aliphatic heterocycles. The van der Waals surface area contributed by atoms with E-state index in [2.05, 4.69) is 26.7 Å². The van der Waals surface area contributed by atoms with Crippen molar-refractivity contribution >= 4 is 17.5 Å². The van der Waals surface area contributed by atoms with Gasteiger partial charge in [0, 0.05) is 17.9 Å². The molecular formula is C20H16FN5O. The molecule has 1 aromatic heterocycles. The summed E-state index contributed by atoms with van der Waals surface area (Å²) in [7, 11) is 0. The number of hydrogen-bond acceptors (Lipinski definition) is 5. The van der Waals surface area contributed by atoms with Gasteiger partial charge < -0.3 is 10.6 Å². The van der Waals surface area contributed by atoms with Gasteiger partial charge in [-0.1, -0.05) is 18.2 Å². The molecule has 2 N–H and O–H groups in total. The smallest absolute Gasteiger partial charge is 0.270 e. The molecule has 134 valence electrons. The topological polar surface area (TPSA) is 90.7 Å². The van der Waals surface area contributed by atoms with Crippen molar-refractivity contribution in [1.29, 1.82) is 5.26 Å². The Morgan fingerprint density at radius 3 is 2.67 bits per heavy atom. The molecular weight excluding hydrogens is 345 g/mol. The maximum Gasteiger partial charge on any atom is 0.270 e. The molecule has 0 radical (unpaired) electrons. The van der Waals surface area contributed by atoms with Crippen LogP contribution in [0.15, 0.2) is 54.6 Å². The second-order valence-corrected chi connectivity index (χ2v) is 5.84. The first-order valence-electron chi connectivity index (χ1n) is 8.19. The van der Waals surface area contributed by atoms with Gasteiger partial charge in [-0.25, -0.2) is 14.4 Å². The molecule has 6 nitrogen and oxygen atoms in total. The third-order valence-electron chi connectivity index (χ3n) is 3.70. The van der Waals surface area contributed by atoms with Crippen molar-refractivity contribution in [3.63, 3.8) is 0 Å². The molecule has 0 bridgehead atoms. The minimum Gasteiger partial charge on any atom is -0.347 e. The fraction of sp³-hybridized carbons (Fsp3) is 0.100. The molecule has 2 aromatic carbocycles. The zero-order valence-electron chi connectivity index (χ0n) is 14.5. The van der Waals surface area contributed by atoms with Crippen LogP contribution in [0.25, 0.3) is 0 Å². The van der Waals surface area contributed by atoms with E-state index in [0.29, 0.717) is 16.9 Å². The highest BCUT2D eigenvalue weighted by Crippen LogP contribution is 2.15. The number of carbonyl (C=O) groups is 1. The highest BCUT2D eigenvalue weighted by molar-refractivity contribution is 5.92. The Labute approximate surface area is 155 Å². The first-order valence-corrected chi connectivity index (χ1v) is 8.19. The van der Waals surface area contributed by atoms with Crippen molar-refractivity contribution in [3.8, 4) is 6.07 Å². The van der Waals surface area contributed by atoms with Crippen LogP contribution in [-0.2, 0) is 6.54 Å². The maximum atomic E-state index is 12.9. The summed E-state index contributed by atoms with van der Waals surface area (Å²) in [4.78, 5) is 20.9. The minimum absolute atomic E-state index is 0.212. The van der Waals surface area contributed by atoms with Crippen LogP contribution in [0.3, 0.4) is 0 Å². The quantitative estimate of drug-likeness (QED) is 0.726. The second kappa shape index (κ2) is 8.06. The number of anilines is 2. The summed E-state index contributed by atoms with van der Waals surface area (Å²) in [6.45, 7) is 2.02. The van der Waals surface area contributed by atoms with Gasteiger partial charge in [-0.2, -0.15) is 5.26 Å². The first kappa shape index (κ1) is 18.0. The van der Waals surface area contributed by atoms with Crippen molar-refractivity contribution in [1.82, 2.24) is 15.3 Å². The number of benzene rings is 2. The molecule has 0 aliphatic rings. The maximum absolute atomic E-state index is 12.9. The normalized spacial score (nSPS) is 10.1. The van der Waals surface area contributed by atoms with Crippen LogP contribution < -0.4 is 10.6 Å². The Morgan fingerprint density at radius 2 is 1.93 bits per heavy atom. The number of aryl methyl sites for hydroxylation is 1. The lowest BCUT2D eigenvalue weighted by molar-refractivity contribution is 0.0945. The van der Waals surface area contributed by atoms with Crippen molar-refractivity contribution < 1.29 is 9.18 Å². The zero-order chi connectivity index (χ0) is 19.2. The SMILES string of the molecule is Cc1cc(C(=O)NCc2ccc(F)cc2)nc(Nc2cccc(C#N)c2)n1.